The van der Waals surface area contributed by atoms with Gasteiger partial charge in [-0.2, -0.15) is 0 Å². The average molecular weight is 524 g/mol. The molecule has 0 saturated carbocycles. The smallest absolute Gasteiger partial charge is 0.261 e. The lowest BCUT2D eigenvalue weighted by molar-refractivity contribution is -0.133. The number of para-hydroxylation sites is 2. The van der Waals surface area contributed by atoms with E-state index in [9.17, 15) is 13.2 Å². The van der Waals surface area contributed by atoms with Crippen LogP contribution in [0.5, 0.6) is 11.5 Å². The molecule has 0 aliphatic carbocycles. The number of nitrogens with zero attached hydrogens (tertiary/aromatic N) is 2. The highest BCUT2D eigenvalue weighted by Crippen LogP contribution is 2.28. The van der Waals surface area contributed by atoms with Gasteiger partial charge in [0.15, 0.2) is 6.61 Å². The highest BCUT2D eigenvalue weighted by atomic mass is 32.2. The number of methoxy groups -OCH3 is 1. The maximum absolute atomic E-state index is 12.9. The fourth-order valence-electron chi connectivity index (χ4n) is 4.29. The predicted octanol–water partition coefficient (Wildman–Crippen LogP) is 4.15. The Balaban J connectivity index is 1.33. The fraction of sp³-hybridized carbons (Fsp3) is 0.321. The molecule has 4 rings (SSSR count). The van der Waals surface area contributed by atoms with E-state index in [1.807, 2.05) is 44.2 Å². The Kier molecular flexibility index (Phi) is 7.92. The first-order valence-electron chi connectivity index (χ1n) is 12.2. The monoisotopic (exact) mass is 523 g/mol. The van der Waals surface area contributed by atoms with Crippen LogP contribution in [0.15, 0.2) is 65.6 Å². The minimum Gasteiger partial charge on any atom is -0.495 e. The summed E-state index contributed by atoms with van der Waals surface area (Å²) in [5, 5.41) is 0. The third-order valence-electron chi connectivity index (χ3n) is 6.63. The molecule has 0 spiro atoms. The first kappa shape index (κ1) is 26.3. The van der Waals surface area contributed by atoms with Crippen LogP contribution in [0, 0.1) is 20.8 Å². The molecule has 0 unspecified atom stereocenters. The molecule has 8 nitrogen and oxygen atoms in total. The van der Waals surface area contributed by atoms with E-state index in [0.29, 0.717) is 43.2 Å². The second-order valence-corrected chi connectivity index (χ2v) is 10.8. The minimum atomic E-state index is -3.76. The zero-order chi connectivity index (χ0) is 26.6. The van der Waals surface area contributed by atoms with Gasteiger partial charge in [0, 0.05) is 31.9 Å². The van der Waals surface area contributed by atoms with Crippen molar-refractivity contribution in [3.05, 3.63) is 77.4 Å². The van der Waals surface area contributed by atoms with E-state index in [-0.39, 0.29) is 17.4 Å². The van der Waals surface area contributed by atoms with E-state index in [1.54, 1.807) is 43.2 Å². The van der Waals surface area contributed by atoms with E-state index < -0.39 is 10.0 Å². The molecule has 1 fully saturated rings. The number of amides is 1. The zero-order valence-corrected chi connectivity index (χ0v) is 22.5. The van der Waals surface area contributed by atoms with Crippen molar-refractivity contribution >= 4 is 27.3 Å². The van der Waals surface area contributed by atoms with E-state index in [2.05, 4.69) is 9.62 Å². The number of hydrogen-bond acceptors (Lipinski definition) is 6. The molecule has 9 heteroatoms. The minimum absolute atomic E-state index is 0.104. The molecular formula is C28H33N3O5S. The molecule has 1 saturated heterocycles. The molecule has 3 aromatic rings. The molecule has 196 valence electrons. The Morgan fingerprint density at radius 2 is 1.59 bits per heavy atom. The van der Waals surface area contributed by atoms with Crippen LogP contribution >= 0.6 is 0 Å². The van der Waals surface area contributed by atoms with Gasteiger partial charge in [0.2, 0.25) is 0 Å². The fourth-order valence-corrected chi connectivity index (χ4v) is 5.42. The SMILES string of the molecule is COc1ccccc1N1CCN(C(=O)COc2ccc(S(=O)(=O)Nc3ccc(C)c(C)c3)cc2C)CC1. The highest BCUT2D eigenvalue weighted by Gasteiger charge is 2.23. The summed E-state index contributed by atoms with van der Waals surface area (Å²) in [6.45, 7) is 8.13. The highest BCUT2D eigenvalue weighted by molar-refractivity contribution is 7.92. The van der Waals surface area contributed by atoms with Crippen molar-refractivity contribution < 1.29 is 22.7 Å². The molecule has 37 heavy (non-hydrogen) atoms. The van der Waals surface area contributed by atoms with Crippen LogP contribution < -0.4 is 19.1 Å². The number of benzene rings is 3. The first-order chi connectivity index (χ1) is 17.7. The van der Waals surface area contributed by atoms with Crippen molar-refractivity contribution in [1.82, 2.24) is 4.90 Å². The van der Waals surface area contributed by atoms with E-state index >= 15 is 0 Å². The van der Waals surface area contributed by atoms with Crippen LogP contribution in [-0.2, 0) is 14.8 Å². The normalized spacial score (nSPS) is 13.8. The van der Waals surface area contributed by atoms with Crippen molar-refractivity contribution in [2.45, 2.75) is 25.7 Å². The van der Waals surface area contributed by atoms with E-state index in [0.717, 1.165) is 22.6 Å². The number of aryl methyl sites for hydroxylation is 3. The van der Waals surface area contributed by atoms with Crippen LogP contribution in [0.1, 0.15) is 16.7 Å². The second-order valence-electron chi connectivity index (χ2n) is 9.16. The van der Waals surface area contributed by atoms with E-state index in [1.165, 1.54) is 6.07 Å². The lowest BCUT2D eigenvalue weighted by atomic mass is 10.1. The van der Waals surface area contributed by atoms with Gasteiger partial charge in [-0.05, 0) is 79.9 Å². The summed E-state index contributed by atoms with van der Waals surface area (Å²) in [6, 6.07) is 17.9. The van der Waals surface area contributed by atoms with Gasteiger partial charge < -0.3 is 19.3 Å². The molecule has 3 aromatic carbocycles. The third kappa shape index (κ3) is 6.17. The quantitative estimate of drug-likeness (QED) is 0.477. The zero-order valence-electron chi connectivity index (χ0n) is 21.7. The van der Waals surface area contributed by atoms with Gasteiger partial charge in [0.05, 0.1) is 17.7 Å². The summed E-state index contributed by atoms with van der Waals surface area (Å²) in [5.41, 5.74) is 4.26. The van der Waals surface area contributed by atoms with Gasteiger partial charge in [-0.15, -0.1) is 0 Å². The molecule has 1 aliphatic rings. The lowest BCUT2D eigenvalue weighted by Gasteiger charge is -2.36. The van der Waals surface area contributed by atoms with Crippen LogP contribution in [-0.4, -0.2) is 59.1 Å². The van der Waals surface area contributed by atoms with Gasteiger partial charge in [-0.25, -0.2) is 8.42 Å². The van der Waals surface area contributed by atoms with Crippen molar-refractivity contribution in [2.24, 2.45) is 0 Å². The summed E-state index contributed by atoms with van der Waals surface area (Å²) in [5.74, 6) is 1.19. The molecule has 0 atom stereocenters. The summed E-state index contributed by atoms with van der Waals surface area (Å²) in [6.07, 6.45) is 0. The van der Waals surface area contributed by atoms with Crippen LogP contribution in [0.25, 0.3) is 0 Å². The van der Waals surface area contributed by atoms with E-state index in [4.69, 9.17) is 9.47 Å². The maximum Gasteiger partial charge on any atom is 0.261 e. The third-order valence-corrected chi connectivity index (χ3v) is 8.00. The molecule has 0 aromatic heterocycles. The van der Waals surface area contributed by atoms with Crippen molar-refractivity contribution in [2.75, 3.05) is 49.5 Å². The predicted molar refractivity (Wildman–Crippen MR) is 145 cm³/mol. The van der Waals surface area contributed by atoms with Gasteiger partial charge >= 0.3 is 0 Å². The number of carbonyl (C=O) groups excluding carboxylic acids is 1. The number of rotatable bonds is 8. The largest absolute Gasteiger partial charge is 0.495 e. The molecule has 0 bridgehead atoms. The Hall–Kier alpha value is -3.72. The van der Waals surface area contributed by atoms with Crippen molar-refractivity contribution in [3.8, 4) is 11.5 Å². The Labute approximate surface area is 218 Å². The molecule has 1 aliphatic heterocycles. The number of anilines is 2. The van der Waals surface area contributed by atoms with Gasteiger partial charge in [0.25, 0.3) is 15.9 Å². The molecule has 1 N–H and O–H groups in total. The molecule has 0 radical (unpaired) electrons. The number of hydrogen-bond donors (Lipinski definition) is 1. The van der Waals surface area contributed by atoms with Crippen LogP contribution in [0.3, 0.4) is 0 Å². The average Bonchev–Trinajstić information content (AvgIpc) is 2.89. The Morgan fingerprint density at radius 1 is 0.865 bits per heavy atom. The number of ether oxygens (including phenoxy) is 2. The van der Waals surface area contributed by atoms with Gasteiger partial charge in [0.1, 0.15) is 11.5 Å². The van der Waals surface area contributed by atoms with Crippen molar-refractivity contribution in [3.63, 3.8) is 0 Å². The topological polar surface area (TPSA) is 88.2 Å². The summed E-state index contributed by atoms with van der Waals surface area (Å²) < 4.78 is 39.6. The summed E-state index contributed by atoms with van der Waals surface area (Å²) in [4.78, 5) is 16.9. The number of nitrogens with one attached hydrogen (secondary N) is 1. The Morgan fingerprint density at radius 3 is 2.27 bits per heavy atom. The maximum atomic E-state index is 12.9. The second kappa shape index (κ2) is 11.1. The number of sulfonamides is 1. The Bertz CT molecular complexity index is 1380. The lowest BCUT2D eigenvalue weighted by Crippen LogP contribution is -2.50. The van der Waals surface area contributed by atoms with Gasteiger partial charge in [-0.1, -0.05) is 18.2 Å². The first-order valence-corrected chi connectivity index (χ1v) is 13.7. The number of carbonyl (C=O) groups is 1. The molecule has 1 amide bonds. The molecular weight excluding hydrogens is 490 g/mol. The van der Waals surface area contributed by atoms with Crippen molar-refractivity contribution in [1.29, 1.82) is 0 Å². The van der Waals surface area contributed by atoms with Crippen LogP contribution in [0.2, 0.25) is 0 Å². The summed E-state index contributed by atoms with van der Waals surface area (Å²) in [7, 11) is -2.10. The number of piperazine rings is 1. The van der Waals surface area contributed by atoms with Crippen LogP contribution in [0.4, 0.5) is 11.4 Å². The molecule has 1 heterocycles. The summed E-state index contributed by atoms with van der Waals surface area (Å²) >= 11 is 0. The standard InChI is InChI=1S/C28H33N3O5S/c1-20-9-10-23(17-21(20)2)29-37(33,34)24-11-12-26(22(3)18-24)36-19-28(32)31-15-13-30(14-16-31)25-7-5-6-8-27(25)35-4/h5-12,17-18,29H,13-16,19H2,1-4H3. The van der Waals surface area contributed by atoms with Gasteiger partial charge in [-0.3, -0.25) is 9.52 Å².